The third kappa shape index (κ3) is 5.47. The molecule has 0 bridgehead atoms. The number of ether oxygens (including phenoxy) is 1. The third-order valence-electron chi connectivity index (χ3n) is 2.18. The van der Waals surface area contributed by atoms with E-state index in [4.69, 9.17) is 4.74 Å². The highest BCUT2D eigenvalue weighted by Crippen LogP contribution is 2.01. The highest BCUT2D eigenvalue weighted by molar-refractivity contribution is 5.89. The molecule has 0 saturated heterocycles. The van der Waals surface area contributed by atoms with Gasteiger partial charge in [-0.1, -0.05) is 32.0 Å². The van der Waals surface area contributed by atoms with Crippen molar-refractivity contribution in [1.29, 1.82) is 0 Å². The molecule has 0 aliphatic heterocycles. The smallest absolute Gasteiger partial charge is 0.338 e. The average Bonchev–Trinajstić information content (AvgIpc) is 2.34. The first-order valence-electron chi connectivity index (χ1n) is 5.73. The summed E-state index contributed by atoms with van der Waals surface area (Å²) in [6.45, 7) is 4.40. The minimum Gasteiger partial charge on any atom is -0.459 e. The number of aliphatic hydroxyl groups is 1. The lowest BCUT2D eigenvalue weighted by molar-refractivity contribution is 0.0256. The van der Waals surface area contributed by atoms with Crippen LogP contribution in [0.5, 0.6) is 0 Å². The van der Waals surface area contributed by atoms with E-state index >= 15 is 0 Å². The second-order valence-corrected chi connectivity index (χ2v) is 4.18. The van der Waals surface area contributed by atoms with E-state index in [1.165, 1.54) is 0 Å². The van der Waals surface area contributed by atoms with Crippen LogP contribution in [0.2, 0.25) is 0 Å². The zero-order chi connectivity index (χ0) is 12.7. The molecule has 0 aromatic heterocycles. The first-order chi connectivity index (χ1) is 8.09. The van der Waals surface area contributed by atoms with Crippen LogP contribution in [0, 0.1) is 0 Å². The van der Waals surface area contributed by atoms with Gasteiger partial charge < -0.3 is 15.2 Å². The number of esters is 1. The number of benzene rings is 1. The quantitative estimate of drug-likeness (QED) is 0.730. The Morgan fingerprint density at radius 3 is 2.59 bits per heavy atom. The molecule has 94 valence electrons. The molecule has 17 heavy (non-hydrogen) atoms. The fraction of sp³-hybridized carbons (Fsp3) is 0.462. The molecular weight excluding hydrogens is 218 g/mol. The first-order valence-corrected chi connectivity index (χ1v) is 5.73. The number of hydrogen-bond acceptors (Lipinski definition) is 4. The summed E-state index contributed by atoms with van der Waals surface area (Å²) in [6.07, 6.45) is -0.676. The van der Waals surface area contributed by atoms with Gasteiger partial charge in [0.05, 0.1) is 5.56 Å². The van der Waals surface area contributed by atoms with Gasteiger partial charge in [0.1, 0.15) is 12.7 Å². The van der Waals surface area contributed by atoms with Crippen molar-refractivity contribution in [2.75, 3.05) is 13.2 Å². The maximum Gasteiger partial charge on any atom is 0.338 e. The normalized spacial score (nSPS) is 12.5. The Labute approximate surface area is 102 Å². The van der Waals surface area contributed by atoms with Gasteiger partial charge in [-0.2, -0.15) is 0 Å². The number of nitrogens with one attached hydrogen (secondary N) is 1. The lowest BCUT2D eigenvalue weighted by Crippen LogP contribution is -2.35. The first kappa shape index (κ1) is 13.7. The number of hydrogen-bond donors (Lipinski definition) is 2. The van der Waals surface area contributed by atoms with Crippen LogP contribution in [-0.4, -0.2) is 36.4 Å². The van der Waals surface area contributed by atoms with Gasteiger partial charge in [0, 0.05) is 12.6 Å². The minimum absolute atomic E-state index is 0.00739. The molecule has 0 amide bonds. The molecule has 0 aliphatic carbocycles. The largest absolute Gasteiger partial charge is 0.459 e. The molecule has 4 heteroatoms. The summed E-state index contributed by atoms with van der Waals surface area (Å²) in [5, 5.41) is 12.6. The van der Waals surface area contributed by atoms with Crippen LogP contribution in [0.25, 0.3) is 0 Å². The lowest BCUT2D eigenvalue weighted by Gasteiger charge is -2.14. The SMILES string of the molecule is CC(C)NC[C@@H](O)COC(=O)c1ccccc1. The number of rotatable bonds is 6. The fourth-order valence-electron chi connectivity index (χ4n) is 1.26. The monoisotopic (exact) mass is 237 g/mol. The van der Waals surface area contributed by atoms with E-state index in [0.717, 1.165) is 0 Å². The molecule has 1 aromatic rings. The second kappa shape index (κ2) is 7.04. The highest BCUT2D eigenvalue weighted by Gasteiger charge is 2.10. The van der Waals surface area contributed by atoms with Gasteiger partial charge in [-0.05, 0) is 12.1 Å². The van der Waals surface area contributed by atoms with E-state index in [0.29, 0.717) is 18.2 Å². The third-order valence-corrected chi connectivity index (χ3v) is 2.18. The average molecular weight is 237 g/mol. The minimum atomic E-state index is -0.676. The van der Waals surface area contributed by atoms with E-state index in [1.807, 2.05) is 19.9 Å². The molecule has 2 N–H and O–H groups in total. The van der Waals surface area contributed by atoms with Crippen LogP contribution in [0.15, 0.2) is 30.3 Å². The molecule has 0 aliphatic rings. The molecule has 0 unspecified atom stereocenters. The summed E-state index contributed by atoms with van der Waals surface area (Å²) >= 11 is 0. The van der Waals surface area contributed by atoms with Crippen molar-refractivity contribution in [3.63, 3.8) is 0 Å². The van der Waals surface area contributed by atoms with E-state index < -0.39 is 12.1 Å². The van der Waals surface area contributed by atoms with Crippen molar-refractivity contribution in [2.45, 2.75) is 26.0 Å². The van der Waals surface area contributed by atoms with E-state index in [1.54, 1.807) is 24.3 Å². The summed E-state index contributed by atoms with van der Waals surface area (Å²) in [6, 6.07) is 9.04. The van der Waals surface area contributed by atoms with Gasteiger partial charge in [0.25, 0.3) is 0 Å². The molecule has 4 nitrogen and oxygen atoms in total. The Bertz CT molecular complexity index is 338. The van der Waals surface area contributed by atoms with Crippen molar-refractivity contribution in [2.24, 2.45) is 0 Å². The maximum atomic E-state index is 11.5. The van der Waals surface area contributed by atoms with Crippen LogP contribution in [0.4, 0.5) is 0 Å². The van der Waals surface area contributed by atoms with Crippen LogP contribution in [0.1, 0.15) is 24.2 Å². The number of carbonyl (C=O) groups excluding carboxylic acids is 1. The predicted molar refractivity (Wildman–Crippen MR) is 65.9 cm³/mol. The van der Waals surface area contributed by atoms with Crippen LogP contribution >= 0.6 is 0 Å². The predicted octanol–water partition coefficient (Wildman–Crippen LogP) is 1.20. The Kier molecular flexibility index (Phi) is 5.66. The Morgan fingerprint density at radius 2 is 2.00 bits per heavy atom. The van der Waals surface area contributed by atoms with Gasteiger partial charge in [0.2, 0.25) is 0 Å². The fourth-order valence-corrected chi connectivity index (χ4v) is 1.26. The topological polar surface area (TPSA) is 58.6 Å². The van der Waals surface area contributed by atoms with E-state index in [9.17, 15) is 9.90 Å². The zero-order valence-electron chi connectivity index (χ0n) is 10.2. The Morgan fingerprint density at radius 1 is 1.35 bits per heavy atom. The van der Waals surface area contributed by atoms with E-state index in [-0.39, 0.29) is 6.61 Å². The standard InChI is InChI=1S/C13H19NO3/c1-10(2)14-8-12(15)9-17-13(16)11-6-4-3-5-7-11/h3-7,10,12,14-15H,8-9H2,1-2H3/t12-/m1/s1. The molecule has 0 heterocycles. The maximum absolute atomic E-state index is 11.5. The zero-order valence-corrected chi connectivity index (χ0v) is 10.2. The Balaban J connectivity index is 2.29. The molecule has 0 saturated carbocycles. The summed E-state index contributed by atoms with van der Waals surface area (Å²) in [5.41, 5.74) is 0.497. The van der Waals surface area contributed by atoms with Gasteiger partial charge in [-0.15, -0.1) is 0 Å². The Hall–Kier alpha value is -1.39. The second-order valence-electron chi connectivity index (χ2n) is 4.18. The van der Waals surface area contributed by atoms with Crippen LogP contribution in [-0.2, 0) is 4.74 Å². The molecule has 1 rings (SSSR count). The molecule has 0 spiro atoms. The van der Waals surface area contributed by atoms with Gasteiger partial charge in [-0.25, -0.2) is 4.79 Å². The molecule has 1 aromatic carbocycles. The highest BCUT2D eigenvalue weighted by atomic mass is 16.5. The van der Waals surface area contributed by atoms with E-state index in [2.05, 4.69) is 5.32 Å². The van der Waals surface area contributed by atoms with Crippen molar-refractivity contribution >= 4 is 5.97 Å². The molecule has 0 fully saturated rings. The van der Waals surface area contributed by atoms with Gasteiger partial charge in [0.15, 0.2) is 0 Å². The lowest BCUT2D eigenvalue weighted by atomic mass is 10.2. The molecule has 0 radical (unpaired) electrons. The van der Waals surface area contributed by atoms with Crippen molar-refractivity contribution in [3.05, 3.63) is 35.9 Å². The van der Waals surface area contributed by atoms with Crippen LogP contribution < -0.4 is 5.32 Å². The summed E-state index contributed by atoms with van der Waals surface area (Å²) in [7, 11) is 0. The van der Waals surface area contributed by atoms with Gasteiger partial charge >= 0.3 is 5.97 Å². The van der Waals surface area contributed by atoms with Crippen molar-refractivity contribution in [1.82, 2.24) is 5.32 Å². The summed E-state index contributed by atoms with van der Waals surface area (Å²) in [5.74, 6) is -0.408. The van der Waals surface area contributed by atoms with Gasteiger partial charge in [-0.3, -0.25) is 0 Å². The molecule has 1 atom stereocenters. The number of aliphatic hydroxyl groups excluding tert-OH is 1. The van der Waals surface area contributed by atoms with Crippen LogP contribution in [0.3, 0.4) is 0 Å². The summed E-state index contributed by atoms with van der Waals surface area (Å²) < 4.78 is 4.99. The van der Waals surface area contributed by atoms with Crippen molar-refractivity contribution < 1.29 is 14.6 Å². The molecular formula is C13H19NO3. The number of carbonyl (C=O) groups is 1. The summed E-state index contributed by atoms with van der Waals surface area (Å²) in [4.78, 5) is 11.5. The van der Waals surface area contributed by atoms with Crippen molar-refractivity contribution in [3.8, 4) is 0 Å².